The second kappa shape index (κ2) is 10.0. The van der Waals surface area contributed by atoms with Crippen LogP contribution >= 0.6 is 0 Å². The number of hydrogen-bond donors (Lipinski definition) is 1. The van der Waals surface area contributed by atoms with Crippen molar-refractivity contribution in [3.63, 3.8) is 0 Å². The van der Waals surface area contributed by atoms with Gasteiger partial charge in [0.2, 0.25) is 0 Å². The first-order chi connectivity index (χ1) is 9.78. The van der Waals surface area contributed by atoms with E-state index in [-0.39, 0.29) is 36.0 Å². The molecule has 0 fully saturated rings. The molecule has 1 rings (SSSR count). The summed E-state index contributed by atoms with van der Waals surface area (Å²) in [7, 11) is 0. The van der Waals surface area contributed by atoms with Gasteiger partial charge in [-0.1, -0.05) is 30.3 Å². The summed E-state index contributed by atoms with van der Waals surface area (Å²) in [6, 6.07) is 9.91. The van der Waals surface area contributed by atoms with Gasteiger partial charge in [-0.25, -0.2) is 0 Å². The standard InChI is InChI=1S/C17H24O4.Na.H/c1-17(2,3)21-15(18)12-14(16(19)20)11-7-10-13-8-5-4-6-9-13;;/h4-6,8-9,14H,7,10-12H2,1-3H3,(H,19,20);;/t14-;;/m1../s1. The van der Waals surface area contributed by atoms with E-state index in [1.165, 1.54) is 5.56 Å². The van der Waals surface area contributed by atoms with Gasteiger partial charge in [0.05, 0.1) is 12.3 Å². The van der Waals surface area contributed by atoms with Gasteiger partial charge >= 0.3 is 41.5 Å². The van der Waals surface area contributed by atoms with Crippen molar-refractivity contribution in [2.24, 2.45) is 5.92 Å². The van der Waals surface area contributed by atoms with Crippen LogP contribution in [0, 0.1) is 5.92 Å². The zero-order valence-corrected chi connectivity index (χ0v) is 13.0. The third kappa shape index (κ3) is 9.23. The van der Waals surface area contributed by atoms with Gasteiger partial charge in [-0.05, 0) is 45.6 Å². The maximum absolute atomic E-state index is 11.7. The number of aliphatic carboxylic acids is 1. The number of rotatable bonds is 7. The normalized spacial score (nSPS) is 12.1. The van der Waals surface area contributed by atoms with Gasteiger partial charge in [0, 0.05) is 0 Å². The predicted molar refractivity (Wildman–Crippen MR) is 88.1 cm³/mol. The van der Waals surface area contributed by atoms with E-state index in [0.717, 1.165) is 12.8 Å². The van der Waals surface area contributed by atoms with E-state index in [2.05, 4.69) is 0 Å². The Kier molecular flexibility index (Phi) is 9.65. The van der Waals surface area contributed by atoms with Crippen molar-refractivity contribution in [2.45, 2.75) is 52.1 Å². The first-order valence-electron chi connectivity index (χ1n) is 7.26. The van der Waals surface area contributed by atoms with Gasteiger partial charge < -0.3 is 9.84 Å². The molecular formula is C17H25NaO4. The van der Waals surface area contributed by atoms with Gasteiger partial charge in [-0.2, -0.15) is 0 Å². The van der Waals surface area contributed by atoms with Crippen molar-refractivity contribution in [3.05, 3.63) is 35.9 Å². The molecule has 0 aliphatic carbocycles. The Bertz CT molecular complexity index is 465. The molecule has 1 atom stereocenters. The Labute approximate surface area is 154 Å². The average molecular weight is 316 g/mol. The molecule has 0 saturated heterocycles. The first-order valence-corrected chi connectivity index (χ1v) is 7.26. The molecule has 0 aliphatic rings. The molecule has 0 aromatic heterocycles. The van der Waals surface area contributed by atoms with Gasteiger partial charge in [0.25, 0.3) is 0 Å². The molecule has 0 bridgehead atoms. The van der Waals surface area contributed by atoms with Crippen molar-refractivity contribution in [1.29, 1.82) is 0 Å². The van der Waals surface area contributed by atoms with Crippen molar-refractivity contribution < 1.29 is 19.4 Å². The first kappa shape index (κ1) is 21.2. The number of carboxylic acids is 1. The molecule has 118 valence electrons. The molecule has 0 radical (unpaired) electrons. The van der Waals surface area contributed by atoms with Gasteiger partial charge in [-0.3, -0.25) is 9.59 Å². The zero-order valence-electron chi connectivity index (χ0n) is 13.0. The van der Waals surface area contributed by atoms with E-state index in [1.807, 2.05) is 30.3 Å². The predicted octanol–water partition coefficient (Wildman–Crippen LogP) is 2.79. The molecule has 0 spiro atoms. The summed E-state index contributed by atoms with van der Waals surface area (Å²) < 4.78 is 5.18. The van der Waals surface area contributed by atoms with Gasteiger partial charge in [-0.15, -0.1) is 0 Å². The molecule has 0 heterocycles. The van der Waals surface area contributed by atoms with Crippen LogP contribution in [0.2, 0.25) is 0 Å². The van der Waals surface area contributed by atoms with E-state index >= 15 is 0 Å². The van der Waals surface area contributed by atoms with Crippen LogP contribution in [-0.4, -0.2) is 52.2 Å². The monoisotopic (exact) mass is 316 g/mol. The topological polar surface area (TPSA) is 63.6 Å². The van der Waals surface area contributed by atoms with Crippen LogP contribution in [0.15, 0.2) is 30.3 Å². The number of carboxylic acid groups (broad SMARTS) is 1. The molecule has 1 aromatic carbocycles. The van der Waals surface area contributed by atoms with E-state index in [1.54, 1.807) is 20.8 Å². The van der Waals surface area contributed by atoms with E-state index in [4.69, 9.17) is 4.74 Å². The Morgan fingerprint density at radius 2 is 1.77 bits per heavy atom. The Hall–Kier alpha value is -0.840. The molecule has 5 heteroatoms. The Balaban J connectivity index is 0.00000441. The summed E-state index contributed by atoms with van der Waals surface area (Å²) in [5, 5.41) is 9.21. The molecule has 0 amide bonds. The van der Waals surface area contributed by atoms with Crippen molar-refractivity contribution in [1.82, 2.24) is 0 Å². The van der Waals surface area contributed by atoms with Crippen LogP contribution < -0.4 is 0 Å². The van der Waals surface area contributed by atoms with Crippen molar-refractivity contribution >= 4 is 41.5 Å². The van der Waals surface area contributed by atoms with Gasteiger partial charge in [0.15, 0.2) is 0 Å². The van der Waals surface area contributed by atoms with Crippen LogP contribution in [0.4, 0.5) is 0 Å². The van der Waals surface area contributed by atoms with Crippen molar-refractivity contribution in [2.75, 3.05) is 0 Å². The fourth-order valence-corrected chi connectivity index (χ4v) is 2.09. The molecule has 4 nitrogen and oxygen atoms in total. The Morgan fingerprint density at radius 3 is 2.27 bits per heavy atom. The maximum atomic E-state index is 11.7. The minimum absolute atomic E-state index is 0. The molecule has 1 N–H and O–H groups in total. The minimum atomic E-state index is -0.936. The fourth-order valence-electron chi connectivity index (χ4n) is 2.09. The molecular weight excluding hydrogens is 291 g/mol. The number of ether oxygens (including phenoxy) is 1. The number of aryl methyl sites for hydroxylation is 1. The SMILES string of the molecule is CC(C)(C)OC(=O)C[C@@H](CCCc1ccccc1)C(=O)O.[NaH]. The molecule has 0 unspecified atom stereocenters. The van der Waals surface area contributed by atoms with Crippen LogP contribution in [0.1, 0.15) is 45.6 Å². The summed E-state index contributed by atoms with van der Waals surface area (Å²) in [5.74, 6) is -2.06. The summed E-state index contributed by atoms with van der Waals surface area (Å²) in [4.78, 5) is 23.0. The van der Waals surface area contributed by atoms with E-state index < -0.39 is 23.5 Å². The van der Waals surface area contributed by atoms with E-state index in [9.17, 15) is 14.7 Å². The van der Waals surface area contributed by atoms with E-state index in [0.29, 0.717) is 6.42 Å². The molecule has 1 aromatic rings. The van der Waals surface area contributed by atoms with Crippen LogP contribution in [0.5, 0.6) is 0 Å². The second-order valence-corrected chi connectivity index (χ2v) is 6.20. The quantitative estimate of drug-likeness (QED) is 0.620. The van der Waals surface area contributed by atoms with Crippen LogP contribution in [-0.2, 0) is 20.7 Å². The molecule has 0 saturated carbocycles. The third-order valence-electron chi connectivity index (χ3n) is 3.04. The summed E-state index contributed by atoms with van der Waals surface area (Å²) >= 11 is 0. The van der Waals surface area contributed by atoms with Crippen molar-refractivity contribution in [3.8, 4) is 0 Å². The fraction of sp³-hybridized carbons (Fsp3) is 0.529. The van der Waals surface area contributed by atoms with Crippen LogP contribution in [0.25, 0.3) is 0 Å². The Morgan fingerprint density at radius 1 is 1.18 bits per heavy atom. The van der Waals surface area contributed by atoms with Gasteiger partial charge in [0.1, 0.15) is 5.60 Å². The number of hydrogen-bond acceptors (Lipinski definition) is 3. The number of benzene rings is 1. The summed E-state index contributed by atoms with van der Waals surface area (Å²) in [6.45, 7) is 5.32. The molecule has 22 heavy (non-hydrogen) atoms. The average Bonchev–Trinajstić information content (AvgIpc) is 2.36. The van der Waals surface area contributed by atoms with Crippen LogP contribution in [0.3, 0.4) is 0 Å². The molecule has 0 aliphatic heterocycles. The number of carbonyl (C=O) groups is 2. The second-order valence-electron chi connectivity index (χ2n) is 6.20. The number of carbonyl (C=O) groups excluding carboxylic acids is 1. The summed E-state index contributed by atoms with van der Waals surface area (Å²) in [5.41, 5.74) is 0.600. The number of esters is 1. The zero-order chi connectivity index (χ0) is 15.9. The third-order valence-corrected chi connectivity index (χ3v) is 3.04. The summed E-state index contributed by atoms with van der Waals surface area (Å²) in [6.07, 6.45) is 1.97.